The molecule has 0 bridgehead atoms. The summed E-state index contributed by atoms with van der Waals surface area (Å²) in [5.41, 5.74) is 0. The normalized spacial score (nSPS) is 10.6. The average Bonchev–Trinajstić information content (AvgIpc) is 2.16. The molecule has 0 heterocycles. The first-order valence-electron chi connectivity index (χ1n) is 5.60. The quantitative estimate of drug-likeness (QED) is 0.422. The van der Waals surface area contributed by atoms with Crippen molar-refractivity contribution >= 4 is 12.6 Å². The van der Waals surface area contributed by atoms with Gasteiger partial charge in [0.1, 0.15) is 0 Å². The fraction of sp³-hybridized carbons (Fsp3) is 1.00. The van der Waals surface area contributed by atoms with Crippen LogP contribution in [-0.2, 0) is 4.74 Å². The van der Waals surface area contributed by atoms with Crippen LogP contribution >= 0.6 is 12.6 Å². The van der Waals surface area contributed by atoms with Crippen LogP contribution in [0.4, 0.5) is 0 Å². The number of ether oxygens (including phenoxy) is 1. The molecule has 0 rings (SSSR count). The van der Waals surface area contributed by atoms with Crippen molar-refractivity contribution in [3.8, 4) is 0 Å². The van der Waals surface area contributed by atoms with Gasteiger partial charge in [-0.2, -0.15) is 12.6 Å². The van der Waals surface area contributed by atoms with Crippen molar-refractivity contribution in [2.45, 2.75) is 51.9 Å². The molecule has 80 valence electrons. The van der Waals surface area contributed by atoms with E-state index in [4.69, 9.17) is 4.74 Å². The summed E-state index contributed by atoms with van der Waals surface area (Å²) in [6, 6.07) is 0. The molecule has 0 aromatic rings. The van der Waals surface area contributed by atoms with Crippen molar-refractivity contribution in [2.75, 3.05) is 19.0 Å². The van der Waals surface area contributed by atoms with Gasteiger partial charge in [-0.15, -0.1) is 0 Å². The zero-order chi connectivity index (χ0) is 9.78. The molecule has 0 aliphatic heterocycles. The largest absolute Gasteiger partial charge is 0.382 e. The van der Waals surface area contributed by atoms with Gasteiger partial charge >= 0.3 is 0 Å². The van der Waals surface area contributed by atoms with Crippen molar-refractivity contribution < 1.29 is 4.74 Å². The van der Waals surface area contributed by atoms with Gasteiger partial charge in [-0.05, 0) is 25.5 Å². The summed E-state index contributed by atoms with van der Waals surface area (Å²) >= 11 is 4.19. The Balaban J connectivity index is 2.76. The van der Waals surface area contributed by atoms with Crippen LogP contribution in [0.1, 0.15) is 51.9 Å². The second kappa shape index (κ2) is 12.3. The number of thiol groups is 1. The van der Waals surface area contributed by atoms with Crippen molar-refractivity contribution in [2.24, 2.45) is 0 Å². The highest BCUT2D eigenvalue weighted by Crippen LogP contribution is 2.07. The topological polar surface area (TPSA) is 9.23 Å². The van der Waals surface area contributed by atoms with Crippen molar-refractivity contribution in [3.05, 3.63) is 0 Å². The molecule has 0 unspecified atom stereocenters. The first-order valence-corrected chi connectivity index (χ1v) is 6.23. The van der Waals surface area contributed by atoms with Crippen molar-refractivity contribution in [3.63, 3.8) is 0 Å². The lowest BCUT2D eigenvalue weighted by Crippen LogP contribution is -1.92. The molecule has 0 amide bonds. The highest BCUT2D eigenvalue weighted by atomic mass is 32.1. The summed E-state index contributed by atoms with van der Waals surface area (Å²) < 4.78 is 5.27. The third kappa shape index (κ3) is 12.3. The second-order valence-corrected chi connectivity index (χ2v) is 3.84. The highest BCUT2D eigenvalue weighted by Gasteiger charge is 1.90. The van der Waals surface area contributed by atoms with Gasteiger partial charge in [0.15, 0.2) is 0 Å². The van der Waals surface area contributed by atoms with E-state index in [-0.39, 0.29) is 0 Å². The Morgan fingerprint density at radius 2 is 1.38 bits per heavy atom. The van der Waals surface area contributed by atoms with Crippen LogP contribution in [0.5, 0.6) is 0 Å². The smallest absolute Gasteiger partial charge is 0.0465 e. The molecule has 0 N–H and O–H groups in total. The second-order valence-electron chi connectivity index (χ2n) is 3.40. The van der Waals surface area contributed by atoms with Crippen molar-refractivity contribution in [1.29, 1.82) is 0 Å². The summed E-state index contributed by atoms with van der Waals surface area (Å²) in [7, 11) is 0. The molecule has 0 saturated heterocycles. The first kappa shape index (κ1) is 13.3. The predicted molar refractivity (Wildman–Crippen MR) is 62.7 cm³/mol. The van der Waals surface area contributed by atoms with E-state index in [2.05, 4.69) is 19.6 Å². The van der Waals surface area contributed by atoms with Crippen LogP contribution in [0.15, 0.2) is 0 Å². The van der Waals surface area contributed by atoms with E-state index in [1.165, 1.54) is 44.9 Å². The number of hydrogen-bond acceptors (Lipinski definition) is 2. The first-order chi connectivity index (χ1) is 6.41. The van der Waals surface area contributed by atoms with Gasteiger partial charge in [-0.1, -0.05) is 32.1 Å². The Morgan fingerprint density at radius 1 is 0.846 bits per heavy atom. The Kier molecular flexibility index (Phi) is 12.6. The maximum Gasteiger partial charge on any atom is 0.0465 e. The van der Waals surface area contributed by atoms with E-state index in [1.807, 2.05) is 0 Å². The van der Waals surface area contributed by atoms with Crippen LogP contribution in [0.2, 0.25) is 0 Å². The Morgan fingerprint density at radius 3 is 1.92 bits per heavy atom. The molecule has 1 nitrogen and oxygen atoms in total. The number of rotatable bonds is 10. The minimum atomic E-state index is 0.863. The summed E-state index contributed by atoms with van der Waals surface area (Å²) in [5, 5.41) is 0. The molecule has 0 saturated carbocycles. The van der Waals surface area contributed by atoms with E-state index in [1.54, 1.807) is 0 Å². The van der Waals surface area contributed by atoms with Crippen LogP contribution in [0, 0.1) is 0 Å². The van der Waals surface area contributed by atoms with E-state index in [0.717, 1.165) is 19.0 Å². The van der Waals surface area contributed by atoms with E-state index in [0.29, 0.717) is 0 Å². The SMILES string of the molecule is CCOCCCCCCCCCS. The van der Waals surface area contributed by atoms with Gasteiger partial charge in [-0.25, -0.2) is 0 Å². The van der Waals surface area contributed by atoms with Gasteiger partial charge in [0, 0.05) is 13.2 Å². The summed E-state index contributed by atoms with van der Waals surface area (Å²) in [6.07, 6.45) is 9.35. The standard InChI is InChI=1S/C11H24OS/c1-2-12-10-8-6-4-3-5-7-9-11-13/h13H,2-11H2,1H3. The lowest BCUT2D eigenvalue weighted by atomic mass is 10.1. The molecule has 0 aliphatic rings. The van der Waals surface area contributed by atoms with Crippen LogP contribution in [0.3, 0.4) is 0 Å². The van der Waals surface area contributed by atoms with Crippen LogP contribution < -0.4 is 0 Å². The van der Waals surface area contributed by atoms with Crippen molar-refractivity contribution in [1.82, 2.24) is 0 Å². The molecular formula is C11H24OS. The summed E-state index contributed by atoms with van der Waals surface area (Å²) in [6.45, 7) is 3.87. The molecule has 0 aromatic heterocycles. The number of unbranched alkanes of at least 4 members (excludes halogenated alkanes) is 6. The molecule has 0 radical (unpaired) electrons. The fourth-order valence-corrected chi connectivity index (χ4v) is 1.57. The maximum atomic E-state index is 5.27. The highest BCUT2D eigenvalue weighted by molar-refractivity contribution is 7.80. The molecule has 13 heavy (non-hydrogen) atoms. The summed E-state index contributed by atoms with van der Waals surface area (Å²) in [5.74, 6) is 1.05. The molecule has 0 aliphatic carbocycles. The lowest BCUT2D eigenvalue weighted by Gasteiger charge is -2.01. The molecule has 0 atom stereocenters. The van der Waals surface area contributed by atoms with Gasteiger partial charge in [0.2, 0.25) is 0 Å². The Hall–Kier alpha value is 0.310. The molecule has 0 fully saturated rings. The van der Waals surface area contributed by atoms with E-state index >= 15 is 0 Å². The van der Waals surface area contributed by atoms with Crippen LogP contribution in [0.25, 0.3) is 0 Å². The predicted octanol–water partition coefficient (Wildman–Crippen LogP) is 3.68. The Bertz CT molecular complexity index is 76.2. The van der Waals surface area contributed by atoms with Gasteiger partial charge < -0.3 is 4.74 Å². The Labute approximate surface area is 88.7 Å². The molecule has 0 aromatic carbocycles. The fourth-order valence-electron chi connectivity index (χ4n) is 1.34. The van der Waals surface area contributed by atoms with Gasteiger partial charge in [0.05, 0.1) is 0 Å². The molecule has 2 heteroatoms. The molecular weight excluding hydrogens is 180 g/mol. The number of hydrogen-bond donors (Lipinski definition) is 1. The summed E-state index contributed by atoms with van der Waals surface area (Å²) in [4.78, 5) is 0. The zero-order valence-electron chi connectivity index (χ0n) is 8.93. The monoisotopic (exact) mass is 204 g/mol. The molecule has 0 spiro atoms. The minimum absolute atomic E-state index is 0.863. The zero-order valence-corrected chi connectivity index (χ0v) is 9.82. The van der Waals surface area contributed by atoms with E-state index < -0.39 is 0 Å². The van der Waals surface area contributed by atoms with Gasteiger partial charge in [-0.3, -0.25) is 0 Å². The lowest BCUT2D eigenvalue weighted by molar-refractivity contribution is 0.143. The van der Waals surface area contributed by atoms with Gasteiger partial charge in [0.25, 0.3) is 0 Å². The third-order valence-electron chi connectivity index (χ3n) is 2.15. The van der Waals surface area contributed by atoms with Crippen LogP contribution in [-0.4, -0.2) is 19.0 Å². The van der Waals surface area contributed by atoms with E-state index in [9.17, 15) is 0 Å². The average molecular weight is 204 g/mol. The minimum Gasteiger partial charge on any atom is -0.382 e. The maximum absolute atomic E-state index is 5.27. The third-order valence-corrected chi connectivity index (χ3v) is 2.47.